The van der Waals surface area contributed by atoms with Crippen LogP contribution in [-0.2, 0) is 6.42 Å². The highest BCUT2D eigenvalue weighted by molar-refractivity contribution is 5.75. The summed E-state index contributed by atoms with van der Waals surface area (Å²) < 4.78 is 5.59. The molecule has 0 radical (unpaired) electrons. The average Bonchev–Trinajstić information content (AvgIpc) is 3.06. The summed E-state index contributed by atoms with van der Waals surface area (Å²) in [6, 6.07) is 16.3. The van der Waals surface area contributed by atoms with Gasteiger partial charge in [0.2, 0.25) is 0 Å². The largest absolute Gasteiger partial charge is 0.494 e. The van der Waals surface area contributed by atoms with Gasteiger partial charge in [0.05, 0.1) is 36.0 Å². The van der Waals surface area contributed by atoms with Crippen molar-refractivity contribution in [3.05, 3.63) is 59.9 Å². The molecule has 0 spiro atoms. The SMILES string of the molecule is CCCOc1ccc(C(C#N)Cc2ccc3n[14cH][nH]c3c2)cc1. The fourth-order valence-corrected chi connectivity index (χ4v) is 2.60. The first-order chi connectivity index (χ1) is 11.3. The number of nitrogens with one attached hydrogen (secondary N) is 1. The second kappa shape index (κ2) is 6.97. The molecule has 3 aromatic rings. The maximum absolute atomic E-state index is 9.52. The summed E-state index contributed by atoms with van der Waals surface area (Å²) in [5.74, 6) is 0.682. The van der Waals surface area contributed by atoms with Crippen LogP contribution in [0.2, 0.25) is 0 Å². The number of aromatic nitrogens is 2. The molecule has 0 bridgehead atoms. The molecule has 4 heteroatoms. The van der Waals surface area contributed by atoms with Gasteiger partial charge in [-0.25, -0.2) is 4.98 Å². The number of hydrogen-bond acceptors (Lipinski definition) is 3. The molecule has 1 aromatic heterocycles. The Morgan fingerprint density at radius 3 is 2.83 bits per heavy atom. The Bertz CT molecular complexity index is 814. The van der Waals surface area contributed by atoms with E-state index < -0.39 is 0 Å². The molecule has 1 atom stereocenters. The lowest BCUT2D eigenvalue weighted by atomic mass is 9.93. The lowest BCUT2D eigenvalue weighted by molar-refractivity contribution is 0.317. The van der Waals surface area contributed by atoms with Crippen LogP contribution in [0.5, 0.6) is 5.75 Å². The van der Waals surface area contributed by atoms with E-state index in [2.05, 4.69) is 29.0 Å². The predicted molar refractivity (Wildman–Crippen MR) is 90.4 cm³/mol. The summed E-state index contributed by atoms with van der Waals surface area (Å²) in [5.41, 5.74) is 4.09. The van der Waals surface area contributed by atoms with Crippen LogP contribution >= 0.6 is 0 Å². The summed E-state index contributed by atoms with van der Waals surface area (Å²) in [7, 11) is 0. The van der Waals surface area contributed by atoms with Crippen molar-refractivity contribution in [2.24, 2.45) is 0 Å². The Hall–Kier alpha value is -2.80. The Morgan fingerprint density at radius 1 is 1.26 bits per heavy atom. The fourth-order valence-electron chi connectivity index (χ4n) is 2.60. The van der Waals surface area contributed by atoms with Gasteiger partial charge in [-0.3, -0.25) is 0 Å². The van der Waals surface area contributed by atoms with E-state index in [9.17, 15) is 5.26 Å². The molecule has 116 valence electrons. The van der Waals surface area contributed by atoms with Crippen molar-refractivity contribution in [2.45, 2.75) is 25.7 Å². The van der Waals surface area contributed by atoms with E-state index in [4.69, 9.17) is 4.74 Å². The molecule has 2 aromatic carbocycles. The van der Waals surface area contributed by atoms with E-state index in [0.29, 0.717) is 13.0 Å². The first kappa shape index (κ1) is 15.1. The molecule has 23 heavy (non-hydrogen) atoms. The third-order valence-corrected chi connectivity index (χ3v) is 3.84. The minimum Gasteiger partial charge on any atom is -0.494 e. The number of ether oxygens (including phenoxy) is 1. The molecular weight excluding hydrogens is 288 g/mol. The van der Waals surface area contributed by atoms with Gasteiger partial charge in [0.1, 0.15) is 5.75 Å². The van der Waals surface area contributed by atoms with Crippen molar-refractivity contribution < 1.29 is 4.74 Å². The summed E-state index contributed by atoms with van der Waals surface area (Å²) in [6.07, 6.45) is 3.35. The zero-order chi connectivity index (χ0) is 16.1. The number of nitrogens with zero attached hydrogens (tertiary/aromatic N) is 2. The second-order valence-corrected chi connectivity index (χ2v) is 5.56. The van der Waals surface area contributed by atoms with Crippen molar-refractivity contribution in [1.29, 1.82) is 5.26 Å². The van der Waals surface area contributed by atoms with Gasteiger partial charge in [0.15, 0.2) is 0 Å². The molecular formula is C19H19N3O. The van der Waals surface area contributed by atoms with Gasteiger partial charge in [-0.2, -0.15) is 5.26 Å². The van der Waals surface area contributed by atoms with Crippen LogP contribution in [0.25, 0.3) is 11.0 Å². The van der Waals surface area contributed by atoms with E-state index >= 15 is 0 Å². The molecule has 4 nitrogen and oxygen atoms in total. The summed E-state index contributed by atoms with van der Waals surface area (Å²) >= 11 is 0. The number of imidazole rings is 1. The number of rotatable bonds is 6. The highest BCUT2D eigenvalue weighted by Crippen LogP contribution is 2.24. The molecule has 1 heterocycles. The standard InChI is InChI=1S/C19H19N3O/c1-2-9-23-17-6-4-15(5-7-17)16(12-20)10-14-3-8-18-19(11-14)22-13-21-18/h3-8,11,13,16H,2,9-10H2,1H3,(H,21,22)/i13+2. The van der Waals surface area contributed by atoms with Gasteiger partial charge in [0, 0.05) is 0 Å². The van der Waals surface area contributed by atoms with Gasteiger partial charge in [-0.15, -0.1) is 0 Å². The highest BCUT2D eigenvalue weighted by Gasteiger charge is 2.12. The second-order valence-electron chi connectivity index (χ2n) is 5.56. The monoisotopic (exact) mass is 307 g/mol. The average molecular weight is 307 g/mol. The van der Waals surface area contributed by atoms with E-state index in [1.807, 2.05) is 36.4 Å². The number of H-pyrrole nitrogens is 1. The number of aromatic amines is 1. The van der Waals surface area contributed by atoms with Crippen LogP contribution in [0.1, 0.15) is 30.4 Å². The van der Waals surface area contributed by atoms with Crippen LogP contribution in [-0.4, -0.2) is 16.6 Å². The van der Waals surface area contributed by atoms with E-state index in [1.165, 1.54) is 0 Å². The smallest absolute Gasteiger partial charge is 0.119 e. The fraction of sp³-hybridized carbons (Fsp3) is 0.263. The molecule has 0 saturated heterocycles. The number of fused-ring (bicyclic) bond motifs is 1. The first-order valence-electron chi connectivity index (χ1n) is 7.84. The lowest BCUT2D eigenvalue weighted by Crippen LogP contribution is -2.01. The maximum atomic E-state index is 9.52. The molecule has 1 N–H and O–H groups in total. The van der Waals surface area contributed by atoms with Gasteiger partial charge >= 0.3 is 0 Å². The summed E-state index contributed by atoms with van der Waals surface area (Å²) in [4.78, 5) is 7.32. The summed E-state index contributed by atoms with van der Waals surface area (Å²) in [5, 5.41) is 9.52. The predicted octanol–water partition coefficient (Wildman–Crippen LogP) is 4.20. The maximum Gasteiger partial charge on any atom is 0.119 e. The third kappa shape index (κ3) is 3.51. The van der Waals surface area contributed by atoms with E-state index in [0.717, 1.165) is 34.3 Å². The molecule has 0 amide bonds. The van der Waals surface area contributed by atoms with Crippen molar-refractivity contribution in [1.82, 2.24) is 9.97 Å². The topological polar surface area (TPSA) is 61.7 Å². The van der Waals surface area contributed by atoms with Crippen LogP contribution < -0.4 is 4.74 Å². The molecule has 0 saturated carbocycles. The molecule has 1 unspecified atom stereocenters. The Balaban J connectivity index is 1.75. The minimum atomic E-state index is -0.171. The Kier molecular flexibility index (Phi) is 4.58. The van der Waals surface area contributed by atoms with Gasteiger partial charge in [-0.1, -0.05) is 25.1 Å². The zero-order valence-electron chi connectivity index (χ0n) is 13.1. The highest BCUT2D eigenvalue weighted by atomic mass is 16.5. The number of nitriles is 1. The normalized spacial score (nSPS) is 12.0. The van der Waals surface area contributed by atoms with Crippen LogP contribution in [0.3, 0.4) is 0 Å². The number of benzene rings is 2. The molecule has 0 fully saturated rings. The van der Waals surface area contributed by atoms with Crippen LogP contribution in [0.15, 0.2) is 48.8 Å². The molecule has 0 aliphatic carbocycles. The van der Waals surface area contributed by atoms with Crippen molar-refractivity contribution >= 4 is 11.0 Å². The van der Waals surface area contributed by atoms with Crippen molar-refractivity contribution in [3.63, 3.8) is 0 Å². The third-order valence-electron chi connectivity index (χ3n) is 3.84. The Labute approximate surface area is 135 Å². The molecule has 0 aliphatic heterocycles. The van der Waals surface area contributed by atoms with Gasteiger partial charge < -0.3 is 9.72 Å². The van der Waals surface area contributed by atoms with Crippen molar-refractivity contribution in [2.75, 3.05) is 6.61 Å². The zero-order valence-corrected chi connectivity index (χ0v) is 13.1. The number of hydrogen-bond donors (Lipinski definition) is 1. The minimum absolute atomic E-state index is 0.171. The first-order valence-corrected chi connectivity index (χ1v) is 7.84. The molecule has 3 rings (SSSR count). The van der Waals surface area contributed by atoms with E-state index in [-0.39, 0.29) is 5.92 Å². The van der Waals surface area contributed by atoms with Crippen LogP contribution in [0.4, 0.5) is 0 Å². The summed E-state index contributed by atoms with van der Waals surface area (Å²) in [6.45, 7) is 2.79. The van der Waals surface area contributed by atoms with Gasteiger partial charge in [-0.05, 0) is 48.2 Å². The van der Waals surface area contributed by atoms with Crippen LogP contribution in [0, 0.1) is 11.3 Å². The quantitative estimate of drug-likeness (QED) is 0.742. The Morgan fingerprint density at radius 2 is 2.09 bits per heavy atom. The van der Waals surface area contributed by atoms with E-state index in [1.54, 1.807) is 6.33 Å². The lowest BCUT2D eigenvalue weighted by Gasteiger charge is -2.11. The van der Waals surface area contributed by atoms with Gasteiger partial charge in [0.25, 0.3) is 0 Å². The molecule has 0 aliphatic rings. The van der Waals surface area contributed by atoms with Crippen molar-refractivity contribution in [3.8, 4) is 11.8 Å².